The molecule has 3 nitrogen and oxygen atoms in total. The average Bonchev–Trinajstić information content (AvgIpc) is 2.67. The maximum Gasteiger partial charge on any atom is 0.119 e. The molecule has 2 aromatic rings. The molecule has 0 radical (unpaired) electrons. The summed E-state index contributed by atoms with van der Waals surface area (Å²) >= 11 is 6.16. The zero-order valence-electron chi connectivity index (χ0n) is 15.8. The van der Waals surface area contributed by atoms with Crippen LogP contribution in [0.4, 0.5) is 0 Å². The second-order valence-corrected chi connectivity index (χ2v) is 9.44. The molecule has 0 spiro atoms. The molecule has 0 aromatic heterocycles. The smallest absolute Gasteiger partial charge is 0.119 e. The molecule has 27 heavy (non-hydrogen) atoms. The first-order valence-corrected chi connectivity index (χ1v) is 11.5. The molecule has 0 aliphatic heterocycles. The zero-order chi connectivity index (χ0) is 19.2. The summed E-state index contributed by atoms with van der Waals surface area (Å²) in [7, 11) is -0.729. The van der Waals surface area contributed by atoms with Gasteiger partial charge in [0.2, 0.25) is 0 Å². The standard InChI is InChI=1S/C22H28ClNO2S/c1-2-27(25)12-4-11-26-19-9-7-17-8-10-22(24)21(20(17)15-19)14-16-5-3-6-18(23)13-16/h3,5-7,9,13,15,21-22H,2,4,8,10-12,14,24H2,1H3. The van der Waals surface area contributed by atoms with Gasteiger partial charge < -0.3 is 10.5 Å². The Morgan fingerprint density at radius 1 is 1.26 bits per heavy atom. The van der Waals surface area contributed by atoms with Crippen molar-refractivity contribution < 1.29 is 8.95 Å². The second kappa shape index (κ2) is 9.72. The van der Waals surface area contributed by atoms with E-state index in [9.17, 15) is 4.21 Å². The molecule has 0 heterocycles. The monoisotopic (exact) mass is 405 g/mol. The molecular weight excluding hydrogens is 378 g/mol. The Morgan fingerprint density at radius 2 is 2.11 bits per heavy atom. The fourth-order valence-corrected chi connectivity index (χ4v) is 4.66. The van der Waals surface area contributed by atoms with Crippen LogP contribution in [0.5, 0.6) is 5.75 Å². The Hall–Kier alpha value is -1.36. The number of ether oxygens (including phenoxy) is 1. The number of benzene rings is 2. The highest BCUT2D eigenvalue weighted by Gasteiger charge is 2.27. The molecule has 0 saturated carbocycles. The molecule has 146 valence electrons. The topological polar surface area (TPSA) is 52.3 Å². The van der Waals surface area contributed by atoms with Gasteiger partial charge in [0.15, 0.2) is 0 Å². The summed E-state index contributed by atoms with van der Waals surface area (Å²) in [5, 5.41) is 0.763. The van der Waals surface area contributed by atoms with Crippen molar-refractivity contribution in [2.45, 2.75) is 44.6 Å². The minimum absolute atomic E-state index is 0.138. The number of nitrogens with two attached hydrogens (primary N) is 1. The molecule has 0 amide bonds. The Labute approximate surface area is 169 Å². The van der Waals surface area contributed by atoms with Gasteiger partial charge in [-0.2, -0.15) is 0 Å². The van der Waals surface area contributed by atoms with Crippen molar-refractivity contribution in [3.8, 4) is 5.75 Å². The fourth-order valence-electron chi connectivity index (χ4n) is 3.72. The Kier molecular flexibility index (Phi) is 7.33. The first kappa shape index (κ1) is 20.4. The van der Waals surface area contributed by atoms with Crippen LogP contribution in [0.1, 0.15) is 42.4 Å². The first-order valence-electron chi connectivity index (χ1n) is 9.67. The van der Waals surface area contributed by atoms with Crippen LogP contribution in [0.2, 0.25) is 5.02 Å². The van der Waals surface area contributed by atoms with Crippen molar-refractivity contribution in [3.63, 3.8) is 0 Å². The summed E-state index contributed by atoms with van der Waals surface area (Å²) < 4.78 is 17.4. The molecule has 3 rings (SSSR count). The fraction of sp³-hybridized carbons (Fsp3) is 0.455. The maximum atomic E-state index is 11.5. The summed E-state index contributed by atoms with van der Waals surface area (Å²) in [4.78, 5) is 0. The van der Waals surface area contributed by atoms with Crippen LogP contribution in [-0.2, 0) is 23.6 Å². The van der Waals surface area contributed by atoms with E-state index in [1.807, 2.05) is 31.2 Å². The van der Waals surface area contributed by atoms with Crippen LogP contribution in [-0.4, -0.2) is 28.4 Å². The largest absolute Gasteiger partial charge is 0.494 e. The normalized spacial score (nSPS) is 20.1. The van der Waals surface area contributed by atoms with Crippen molar-refractivity contribution in [2.75, 3.05) is 18.1 Å². The van der Waals surface area contributed by atoms with Gasteiger partial charge in [0.05, 0.1) is 6.61 Å². The molecular formula is C22H28ClNO2S. The van der Waals surface area contributed by atoms with E-state index in [1.165, 1.54) is 16.7 Å². The van der Waals surface area contributed by atoms with E-state index in [0.717, 1.165) is 36.5 Å². The maximum absolute atomic E-state index is 11.5. The van der Waals surface area contributed by atoms with Crippen LogP contribution < -0.4 is 10.5 Å². The highest BCUT2D eigenvalue weighted by molar-refractivity contribution is 7.84. The van der Waals surface area contributed by atoms with E-state index >= 15 is 0 Å². The van der Waals surface area contributed by atoms with E-state index < -0.39 is 10.8 Å². The number of rotatable bonds is 8. The van der Waals surface area contributed by atoms with Gasteiger partial charge in [0.25, 0.3) is 0 Å². The van der Waals surface area contributed by atoms with Crippen LogP contribution in [0.3, 0.4) is 0 Å². The van der Waals surface area contributed by atoms with Crippen molar-refractivity contribution in [2.24, 2.45) is 5.73 Å². The van der Waals surface area contributed by atoms with Crippen molar-refractivity contribution in [3.05, 3.63) is 64.2 Å². The van der Waals surface area contributed by atoms with Gasteiger partial charge >= 0.3 is 0 Å². The Balaban J connectivity index is 1.71. The highest BCUT2D eigenvalue weighted by atomic mass is 35.5. The number of aryl methyl sites for hydroxylation is 1. The molecule has 5 heteroatoms. The lowest BCUT2D eigenvalue weighted by Crippen LogP contribution is -2.34. The first-order chi connectivity index (χ1) is 13.1. The lowest BCUT2D eigenvalue weighted by molar-refractivity contribution is 0.317. The van der Waals surface area contributed by atoms with E-state index in [0.29, 0.717) is 18.1 Å². The second-order valence-electron chi connectivity index (χ2n) is 7.14. The van der Waals surface area contributed by atoms with E-state index in [4.69, 9.17) is 22.1 Å². The highest BCUT2D eigenvalue weighted by Crippen LogP contribution is 2.36. The molecule has 3 atom stereocenters. The van der Waals surface area contributed by atoms with Gasteiger partial charge in [0, 0.05) is 39.3 Å². The molecule has 3 unspecified atom stereocenters. The Bertz CT molecular complexity index is 796. The molecule has 1 aliphatic rings. The van der Waals surface area contributed by atoms with E-state index in [-0.39, 0.29) is 12.0 Å². The van der Waals surface area contributed by atoms with E-state index in [1.54, 1.807) is 0 Å². The molecule has 1 aliphatic carbocycles. The summed E-state index contributed by atoms with van der Waals surface area (Å²) in [5.74, 6) is 2.55. The van der Waals surface area contributed by atoms with Gasteiger partial charge in [-0.1, -0.05) is 36.7 Å². The van der Waals surface area contributed by atoms with Crippen molar-refractivity contribution >= 4 is 22.4 Å². The molecule has 0 bridgehead atoms. The quantitative estimate of drug-likeness (QED) is 0.659. The average molecular weight is 406 g/mol. The van der Waals surface area contributed by atoms with Crippen LogP contribution in [0.15, 0.2) is 42.5 Å². The third-order valence-corrected chi connectivity index (χ3v) is 6.86. The third kappa shape index (κ3) is 5.56. The molecule has 2 N–H and O–H groups in total. The third-order valence-electron chi connectivity index (χ3n) is 5.23. The Morgan fingerprint density at radius 3 is 2.89 bits per heavy atom. The SMILES string of the molecule is CCS(=O)CCCOc1ccc2c(c1)C(Cc1cccc(Cl)c1)C(N)CC2. The number of hydrogen-bond donors (Lipinski definition) is 1. The summed E-state index contributed by atoms with van der Waals surface area (Å²) in [6.07, 6.45) is 3.70. The van der Waals surface area contributed by atoms with Gasteiger partial charge in [-0.25, -0.2) is 0 Å². The minimum atomic E-state index is -0.729. The summed E-state index contributed by atoms with van der Waals surface area (Å²) in [5.41, 5.74) is 10.4. The van der Waals surface area contributed by atoms with Crippen LogP contribution in [0.25, 0.3) is 0 Å². The number of hydrogen-bond acceptors (Lipinski definition) is 3. The minimum Gasteiger partial charge on any atom is -0.494 e. The van der Waals surface area contributed by atoms with Crippen molar-refractivity contribution in [1.29, 1.82) is 0 Å². The van der Waals surface area contributed by atoms with Crippen LogP contribution >= 0.6 is 11.6 Å². The van der Waals surface area contributed by atoms with Crippen molar-refractivity contribution in [1.82, 2.24) is 0 Å². The van der Waals surface area contributed by atoms with Crippen LogP contribution in [0, 0.1) is 0 Å². The predicted molar refractivity (Wildman–Crippen MR) is 114 cm³/mol. The molecule has 0 saturated heterocycles. The van der Waals surface area contributed by atoms with Gasteiger partial charge in [0.1, 0.15) is 5.75 Å². The van der Waals surface area contributed by atoms with E-state index in [2.05, 4.69) is 18.2 Å². The molecule has 2 aromatic carbocycles. The lowest BCUT2D eigenvalue weighted by atomic mass is 9.76. The zero-order valence-corrected chi connectivity index (χ0v) is 17.4. The van der Waals surface area contributed by atoms with Gasteiger partial charge in [-0.05, 0) is 66.6 Å². The lowest BCUT2D eigenvalue weighted by Gasteiger charge is -2.32. The summed E-state index contributed by atoms with van der Waals surface area (Å²) in [6, 6.07) is 14.5. The molecule has 0 fully saturated rings. The van der Waals surface area contributed by atoms with Gasteiger partial charge in [-0.15, -0.1) is 0 Å². The number of halogens is 1. The van der Waals surface area contributed by atoms with Gasteiger partial charge in [-0.3, -0.25) is 4.21 Å². The summed E-state index contributed by atoms with van der Waals surface area (Å²) in [6.45, 7) is 2.54. The number of fused-ring (bicyclic) bond motifs is 1. The predicted octanol–water partition coefficient (Wildman–Crippen LogP) is 4.48.